The largest absolute Gasteiger partial charge is 0.510 e. The van der Waals surface area contributed by atoms with Gasteiger partial charge in [0.1, 0.15) is 11.3 Å². The molecule has 3 aliphatic rings. The van der Waals surface area contributed by atoms with E-state index in [0.717, 1.165) is 5.57 Å². The maximum Gasteiger partial charge on any atom is 0.183 e. The Hall–Kier alpha value is -1.79. The van der Waals surface area contributed by atoms with E-state index >= 15 is 0 Å². The van der Waals surface area contributed by atoms with Crippen LogP contribution in [0.1, 0.15) is 81.1 Å². The molecule has 3 N–H and O–H groups in total. The monoisotopic (exact) mass is 445 g/mol. The van der Waals surface area contributed by atoms with Gasteiger partial charge >= 0.3 is 0 Å². The third-order valence-electron chi connectivity index (χ3n) is 8.94. The summed E-state index contributed by atoms with van der Waals surface area (Å²) in [5.74, 6) is 3.39. The van der Waals surface area contributed by atoms with Crippen molar-refractivity contribution >= 4 is 17.3 Å². The third kappa shape index (κ3) is 3.02. The predicted molar refractivity (Wildman–Crippen MR) is 122 cm³/mol. The van der Waals surface area contributed by atoms with Gasteiger partial charge in [0.05, 0.1) is 16.4 Å². The summed E-state index contributed by atoms with van der Waals surface area (Å²) in [7, 11) is 0. The molecule has 0 aromatic rings. The zero-order chi connectivity index (χ0) is 24.4. The molecule has 0 heterocycles. The Kier molecular flexibility index (Phi) is 5.92. The maximum absolute atomic E-state index is 14.2. The summed E-state index contributed by atoms with van der Waals surface area (Å²) in [5, 5.41) is 11.6. The minimum atomic E-state index is -1.30. The molecular weight excluding hydrogens is 406 g/mol. The molecule has 178 valence electrons. The summed E-state index contributed by atoms with van der Waals surface area (Å²) in [6.07, 6.45) is 3.35. The van der Waals surface area contributed by atoms with Crippen molar-refractivity contribution in [1.29, 1.82) is 0 Å². The molecule has 3 rings (SSSR count). The van der Waals surface area contributed by atoms with Crippen LogP contribution >= 0.6 is 0 Å². The van der Waals surface area contributed by atoms with E-state index in [-0.39, 0.29) is 41.2 Å². The Bertz CT molecular complexity index is 923. The first-order valence-electron chi connectivity index (χ1n) is 11.7. The second kappa shape index (κ2) is 7.63. The molecule has 2 saturated carbocycles. The van der Waals surface area contributed by atoms with Gasteiger partial charge in [0.15, 0.2) is 17.3 Å². The van der Waals surface area contributed by atoms with Gasteiger partial charge in [-0.05, 0) is 70.6 Å². The minimum absolute atomic E-state index is 0.147. The van der Waals surface area contributed by atoms with Crippen LogP contribution in [-0.2, 0) is 19.2 Å². The maximum atomic E-state index is 14.2. The van der Waals surface area contributed by atoms with E-state index in [9.17, 15) is 19.5 Å². The van der Waals surface area contributed by atoms with Crippen molar-refractivity contribution in [3.8, 4) is 0 Å². The number of rotatable bonds is 7. The lowest BCUT2D eigenvalue weighted by Crippen LogP contribution is -2.50. The van der Waals surface area contributed by atoms with Gasteiger partial charge in [-0.15, -0.1) is 0 Å². The molecule has 0 radical (unpaired) electrons. The zero-order valence-electron chi connectivity index (χ0n) is 20.8. The number of ketones is 3. The van der Waals surface area contributed by atoms with Crippen molar-refractivity contribution in [3.05, 3.63) is 23.0 Å². The first kappa shape index (κ1) is 24.8. The summed E-state index contributed by atoms with van der Waals surface area (Å²) in [5.41, 5.74) is -2.89. The van der Waals surface area contributed by atoms with Gasteiger partial charge in [0.25, 0.3) is 0 Å². The standard InChI is InChI=1S/C26H39NO5/c1-9-15(4)19(28)18-20(29)25(11-10-14(2)3)12-17-23(5,6)16(24(7,8)32-27)13-26(17,21(18)30)22(25)31/h10,15-17,30H,9,11-13,27H2,1-8H3/t15?,16-,17-,25?,26+/m0/s1. The fraction of sp³-hybridized carbons (Fsp3) is 0.731. The normalized spacial score (nSPS) is 34.5. The minimum Gasteiger partial charge on any atom is -0.510 e. The smallest absolute Gasteiger partial charge is 0.183 e. The van der Waals surface area contributed by atoms with Gasteiger partial charge in [-0.25, -0.2) is 5.90 Å². The van der Waals surface area contributed by atoms with E-state index in [4.69, 9.17) is 10.7 Å². The first-order chi connectivity index (χ1) is 14.6. The van der Waals surface area contributed by atoms with Crippen molar-refractivity contribution in [2.75, 3.05) is 0 Å². The number of hydrogen-bond acceptors (Lipinski definition) is 6. The molecular formula is C26H39NO5. The molecule has 2 fully saturated rings. The van der Waals surface area contributed by atoms with Crippen molar-refractivity contribution in [2.24, 2.45) is 39.9 Å². The highest BCUT2D eigenvalue weighted by molar-refractivity contribution is 6.32. The summed E-state index contributed by atoms with van der Waals surface area (Å²) in [6, 6.07) is 0. The van der Waals surface area contributed by atoms with E-state index < -0.39 is 33.5 Å². The van der Waals surface area contributed by atoms with Crippen molar-refractivity contribution in [1.82, 2.24) is 0 Å². The number of allylic oxidation sites excluding steroid dienone is 4. The predicted octanol–water partition coefficient (Wildman–Crippen LogP) is 4.63. The van der Waals surface area contributed by atoms with Crippen LogP contribution in [0, 0.1) is 34.0 Å². The first-order valence-corrected chi connectivity index (χ1v) is 11.7. The molecule has 0 aromatic heterocycles. The highest BCUT2D eigenvalue weighted by Gasteiger charge is 2.78. The van der Waals surface area contributed by atoms with Crippen LogP contribution < -0.4 is 5.90 Å². The highest BCUT2D eigenvalue weighted by Crippen LogP contribution is 2.73. The molecule has 2 unspecified atom stereocenters. The van der Waals surface area contributed by atoms with Gasteiger partial charge in [0, 0.05) is 5.92 Å². The quantitative estimate of drug-likeness (QED) is 0.256. The second-order valence-corrected chi connectivity index (χ2v) is 11.7. The average Bonchev–Trinajstić information content (AvgIpc) is 3.09. The number of Topliss-reactive ketones (excluding diaryl/α,β-unsaturated/α-hetero) is 3. The van der Waals surface area contributed by atoms with Gasteiger partial charge < -0.3 is 5.11 Å². The molecule has 3 aliphatic carbocycles. The Morgan fingerprint density at radius 3 is 2.38 bits per heavy atom. The van der Waals surface area contributed by atoms with E-state index in [0.29, 0.717) is 19.3 Å². The van der Waals surface area contributed by atoms with Gasteiger partial charge in [-0.3, -0.25) is 19.2 Å². The van der Waals surface area contributed by atoms with E-state index in [1.807, 2.05) is 40.7 Å². The van der Waals surface area contributed by atoms with Crippen molar-refractivity contribution in [3.63, 3.8) is 0 Å². The van der Waals surface area contributed by atoms with Crippen molar-refractivity contribution in [2.45, 2.75) is 86.7 Å². The fourth-order valence-corrected chi connectivity index (χ4v) is 6.83. The van der Waals surface area contributed by atoms with Gasteiger partial charge in [-0.2, -0.15) is 0 Å². The lowest BCUT2D eigenvalue weighted by atomic mass is 9.62. The molecule has 32 heavy (non-hydrogen) atoms. The molecule has 6 heteroatoms. The summed E-state index contributed by atoms with van der Waals surface area (Å²) in [4.78, 5) is 46.7. The number of hydrogen-bond donors (Lipinski definition) is 2. The zero-order valence-corrected chi connectivity index (χ0v) is 20.8. The molecule has 6 nitrogen and oxygen atoms in total. The number of carbonyl (C=O) groups is 3. The van der Waals surface area contributed by atoms with Gasteiger partial charge in [-0.1, -0.05) is 39.3 Å². The Labute approximate surface area is 191 Å². The summed E-state index contributed by atoms with van der Waals surface area (Å²) >= 11 is 0. The Balaban J connectivity index is 2.31. The number of aliphatic hydroxyl groups is 1. The van der Waals surface area contributed by atoms with Crippen LogP contribution in [0.25, 0.3) is 0 Å². The lowest BCUT2D eigenvalue weighted by Gasteiger charge is -2.42. The fourth-order valence-electron chi connectivity index (χ4n) is 6.83. The highest BCUT2D eigenvalue weighted by atomic mass is 16.6. The molecule has 0 aliphatic heterocycles. The molecule has 2 bridgehead atoms. The van der Waals surface area contributed by atoms with E-state index in [1.54, 1.807) is 6.92 Å². The number of carbonyl (C=O) groups excluding carboxylic acids is 3. The summed E-state index contributed by atoms with van der Waals surface area (Å²) in [6.45, 7) is 15.4. The van der Waals surface area contributed by atoms with Gasteiger partial charge in [0.2, 0.25) is 0 Å². The molecule has 0 amide bonds. The molecule has 0 aromatic carbocycles. The van der Waals surface area contributed by atoms with Crippen LogP contribution in [0.4, 0.5) is 0 Å². The average molecular weight is 446 g/mol. The topological polar surface area (TPSA) is 107 Å². The second-order valence-electron chi connectivity index (χ2n) is 11.7. The number of aliphatic hydroxyl groups excluding tert-OH is 1. The third-order valence-corrected chi connectivity index (χ3v) is 8.94. The molecule has 0 saturated heterocycles. The lowest BCUT2D eigenvalue weighted by molar-refractivity contribution is -0.144. The van der Waals surface area contributed by atoms with Crippen molar-refractivity contribution < 1.29 is 24.3 Å². The van der Waals surface area contributed by atoms with Crippen LogP contribution in [0.3, 0.4) is 0 Å². The van der Waals surface area contributed by atoms with Crippen LogP contribution in [0.15, 0.2) is 23.0 Å². The Morgan fingerprint density at radius 1 is 1.28 bits per heavy atom. The number of fused-ring (bicyclic) bond motifs is 1. The SMILES string of the molecule is CCC(C)C(=O)C1=C(O)[C@@]23C[C@H](C(C)(C)ON)C(C)(C)[C@@H]2CC(CC=C(C)C)(C1=O)C3=O. The van der Waals surface area contributed by atoms with E-state index in [1.165, 1.54) is 0 Å². The van der Waals surface area contributed by atoms with Crippen LogP contribution in [-0.4, -0.2) is 28.1 Å². The molecule has 1 spiro atoms. The van der Waals surface area contributed by atoms with Crippen LogP contribution in [0.2, 0.25) is 0 Å². The van der Waals surface area contributed by atoms with Crippen LogP contribution in [0.5, 0.6) is 0 Å². The number of nitrogens with two attached hydrogens (primary N) is 1. The Morgan fingerprint density at radius 2 is 1.88 bits per heavy atom. The summed E-state index contributed by atoms with van der Waals surface area (Å²) < 4.78 is 0. The van der Waals surface area contributed by atoms with E-state index in [2.05, 4.69) is 13.8 Å². The molecule has 5 atom stereocenters.